The van der Waals surface area contributed by atoms with E-state index in [0.717, 1.165) is 4.90 Å². The number of hydrogen-bond acceptors (Lipinski definition) is 4. The largest absolute Gasteiger partial charge is 0.463 e. The fourth-order valence-electron chi connectivity index (χ4n) is 2.10. The maximum absolute atomic E-state index is 12.2. The molecule has 0 bridgehead atoms. The Morgan fingerprint density at radius 1 is 1.24 bits per heavy atom. The number of carbonyl (C=O) groups is 3. The number of anilines is 1. The summed E-state index contributed by atoms with van der Waals surface area (Å²) < 4.78 is 4.99. The van der Waals surface area contributed by atoms with Gasteiger partial charge in [0.05, 0.1) is 12.5 Å². The highest BCUT2D eigenvalue weighted by Crippen LogP contribution is 2.20. The lowest BCUT2D eigenvalue weighted by Gasteiger charge is -2.17. The third-order valence-corrected chi connectivity index (χ3v) is 3.03. The monoisotopic (exact) mass is 290 g/mol. The van der Waals surface area contributed by atoms with Crippen LogP contribution in [-0.2, 0) is 14.3 Å². The summed E-state index contributed by atoms with van der Waals surface area (Å²) in [4.78, 5) is 38.1. The minimum atomic E-state index is -0.413. The Morgan fingerprint density at radius 2 is 1.90 bits per heavy atom. The molecular formula is C15H18N2O4. The maximum Gasteiger partial charge on any atom is 0.331 e. The van der Waals surface area contributed by atoms with Gasteiger partial charge in [0.15, 0.2) is 0 Å². The van der Waals surface area contributed by atoms with Gasteiger partial charge in [-0.15, -0.1) is 0 Å². The zero-order valence-electron chi connectivity index (χ0n) is 12.1. The predicted octanol–water partition coefficient (Wildman–Crippen LogP) is 1.80. The summed E-state index contributed by atoms with van der Waals surface area (Å²) in [5.74, 6) is -0.718. The number of imide groups is 1. The fourth-order valence-corrected chi connectivity index (χ4v) is 2.10. The third-order valence-electron chi connectivity index (χ3n) is 3.03. The molecule has 1 saturated heterocycles. The average Bonchev–Trinajstić information content (AvgIpc) is 2.72. The molecule has 6 heteroatoms. The lowest BCUT2D eigenvalue weighted by Crippen LogP contribution is -2.35. The van der Waals surface area contributed by atoms with Crippen molar-refractivity contribution in [2.45, 2.75) is 26.4 Å². The smallest absolute Gasteiger partial charge is 0.331 e. The summed E-state index contributed by atoms with van der Waals surface area (Å²) in [6.45, 7) is 3.55. The first-order valence-electron chi connectivity index (χ1n) is 6.85. The molecule has 0 aliphatic carbocycles. The van der Waals surface area contributed by atoms with Gasteiger partial charge in [-0.1, -0.05) is 18.2 Å². The van der Waals surface area contributed by atoms with E-state index in [0.29, 0.717) is 5.69 Å². The predicted molar refractivity (Wildman–Crippen MR) is 76.7 cm³/mol. The maximum atomic E-state index is 12.2. The molecule has 6 nitrogen and oxygen atoms in total. The normalized spacial score (nSPS) is 15.0. The van der Waals surface area contributed by atoms with Crippen molar-refractivity contribution < 1.29 is 19.1 Å². The molecule has 0 atom stereocenters. The second kappa shape index (κ2) is 6.39. The van der Waals surface area contributed by atoms with Gasteiger partial charge in [-0.25, -0.2) is 4.79 Å². The van der Waals surface area contributed by atoms with Crippen molar-refractivity contribution >= 4 is 23.6 Å². The Balaban J connectivity index is 1.98. The molecule has 1 aromatic carbocycles. The molecule has 1 fully saturated rings. The summed E-state index contributed by atoms with van der Waals surface area (Å²) in [5.41, 5.74) is 0.670. The highest BCUT2D eigenvalue weighted by atomic mass is 16.5. The van der Waals surface area contributed by atoms with Crippen LogP contribution in [0.3, 0.4) is 0 Å². The van der Waals surface area contributed by atoms with Gasteiger partial charge in [-0.2, -0.15) is 0 Å². The molecule has 0 spiro atoms. The highest BCUT2D eigenvalue weighted by molar-refractivity contribution is 6.12. The van der Waals surface area contributed by atoms with E-state index < -0.39 is 12.0 Å². The topological polar surface area (TPSA) is 66.9 Å². The molecule has 1 aliphatic heterocycles. The van der Waals surface area contributed by atoms with Crippen LogP contribution in [-0.4, -0.2) is 42.0 Å². The van der Waals surface area contributed by atoms with Gasteiger partial charge >= 0.3 is 12.0 Å². The average molecular weight is 290 g/mol. The number of para-hydroxylation sites is 1. The van der Waals surface area contributed by atoms with E-state index in [1.165, 1.54) is 4.90 Å². The first-order valence-corrected chi connectivity index (χ1v) is 6.85. The van der Waals surface area contributed by atoms with Crippen LogP contribution in [0.1, 0.15) is 20.3 Å². The molecule has 0 saturated carbocycles. The van der Waals surface area contributed by atoms with Gasteiger partial charge in [0, 0.05) is 12.2 Å². The molecule has 1 aliphatic rings. The number of ether oxygens (including phenoxy) is 1. The van der Waals surface area contributed by atoms with E-state index >= 15 is 0 Å². The third kappa shape index (κ3) is 3.59. The van der Waals surface area contributed by atoms with Crippen molar-refractivity contribution in [1.82, 2.24) is 4.90 Å². The van der Waals surface area contributed by atoms with Crippen molar-refractivity contribution in [3.63, 3.8) is 0 Å². The van der Waals surface area contributed by atoms with Crippen LogP contribution >= 0.6 is 0 Å². The molecule has 0 unspecified atom stereocenters. The lowest BCUT2D eigenvalue weighted by molar-refractivity contribution is -0.147. The first-order chi connectivity index (χ1) is 9.99. The molecule has 1 aromatic rings. The van der Waals surface area contributed by atoms with Crippen molar-refractivity contribution in [2.24, 2.45) is 0 Å². The summed E-state index contributed by atoms with van der Waals surface area (Å²) >= 11 is 0. The van der Waals surface area contributed by atoms with Crippen LogP contribution in [0.5, 0.6) is 0 Å². The van der Waals surface area contributed by atoms with E-state index in [-0.39, 0.29) is 31.5 Å². The number of nitrogens with zero attached hydrogens (tertiary/aromatic N) is 2. The second-order valence-electron chi connectivity index (χ2n) is 5.04. The number of rotatable bonds is 5. The van der Waals surface area contributed by atoms with Gasteiger partial charge < -0.3 is 4.74 Å². The summed E-state index contributed by atoms with van der Waals surface area (Å²) in [5, 5.41) is 0. The highest BCUT2D eigenvalue weighted by Gasteiger charge is 2.36. The van der Waals surface area contributed by atoms with Gasteiger partial charge in [-0.3, -0.25) is 19.4 Å². The van der Waals surface area contributed by atoms with Gasteiger partial charge in [0.25, 0.3) is 5.91 Å². The van der Waals surface area contributed by atoms with Gasteiger partial charge in [0.1, 0.15) is 6.54 Å². The van der Waals surface area contributed by atoms with Gasteiger partial charge in [0.2, 0.25) is 0 Å². The molecule has 112 valence electrons. The van der Waals surface area contributed by atoms with Crippen LogP contribution in [0.15, 0.2) is 30.3 Å². The van der Waals surface area contributed by atoms with E-state index in [4.69, 9.17) is 4.74 Å². The number of amides is 3. The van der Waals surface area contributed by atoms with Crippen LogP contribution in [0.4, 0.5) is 10.5 Å². The number of benzene rings is 1. The minimum Gasteiger partial charge on any atom is -0.463 e. The molecular weight excluding hydrogens is 272 g/mol. The Labute approximate surface area is 123 Å². The van der Waals surface area contributed by atoms with Crippen LogP contribution in [0, 0.1) is 0 Å². The molecule has 0 N–H and O–H groups in total. The van der Waals surface area contributed by atoms with Crippen molar-refractivity contribution in [1.29, 1.82) is 0 Å². The SMILES string of the molecule is CC(C)OC(=O)CCN1C(=O)CN(c2ccccc2)C1=O. The zero-order valence-corrected chi connectivity index (χ0v) is 12.1. The number of esters is 1. The number of urea groups is 1. The van der Waals surface area contributed by atoms with Crippen molar-refractivity contribution in [3.8, 4) is 0 Å². The molecule has 1 heterocycles. The fraction of sp³-hybridized carbons (Fsp3) is 0.400. The van der Waals surface area contributed by atoms with E-state index in [1.807, 2.05) is 6.07 Å². The number of hydrogen-bond donors (Lipinski definition) is 0. The van der Waals surface area contributed by atoms with E-state index in [1.54, 1.807) is 38.1 Å². The summed E-state index contributed by atoms with van der Waals surface area (Å²) in [6, 6.07) is 8.57. The Bertz CT molecular complexity index is 542. The van der Waals surface area contributed by atoms with E-state index in [9.17, 15) is 14.4 Å². The van der Waals surface area contributed by atoms with Crippen LogP contribution < -0.4 is 4.90 Å². The lowest BCUT2D eigenvalue weighted by atomic mass is 10.3. The molecule has 0 aromatic heterocycles. The second-order valence-corrected chi connectivity index (χ2v) is 5.04. The van der Waals surface area contributed by atoms with Crippen molar-refractivity contribution in [2.75, 3.05) is 18.0 Å². The Hall–Kier alpha value is -2.37. The van der Waals surface area contributed by atoms with Crippen LogP contribution in [0.25, 0.3) is 0 Å². The molecule has 3 amide bonds. The number of carbonyl (C=O) groups excluding carboxylic acids is 3. The zero-order chi connectivity index (χ0) is 15.4. The summed E-state index contributed by atoms with van der Waals surface area (Å²) in [7, 11) is 0. The quantitative estimate of drug-likeness (QED) is 0.612. The molecule has 0 radical (unpaired) electrons. The molecule has 21 heavy (non-hydrogen) atoms. The van der Waals surface area contributed by atoms with E-state index in [2.05, 4.69) is 0 Å². The molecule has 2 rings (SSSR count). The van der Waals surface area contributed by atoms with Crippen molar-refractivity contribution in [3.05, 3.63) is 30.3 Å². The van der Waals surface area contributed by atoms with Crippen LogP contribution in [0.2, 0.25) is 0 Å². The standard InChI is InChI=1S/C15H18N2O4/c1-11(2)21-14(19)8-9-16-13(18)10-17(15(16)20)12-6-4-3-5-7-12/h3-7,11H,8-10H2,1-2H3. The Kier molecular flexibility index (Phi) is 4.57. The minimum absolute atomic E-state index is 0.00206. The Morgan fingerprint density at radius 3 is 2.52 bits per heavy atom. The first kappa shape index (κ1) is 15.0. The summed E-state index contributed by atoms with van der Waals surface area (Å²) in [6.07, 6.45) is -0.193. The van der Waals surface area contributed by atoms with Gasteiger partial charge in [-0.05, 0) is 26.0 Å².